The number of amides is 2. The number of aromatic nitrogens is 2. The van der Waals surface area contributed by atoms with Crippen LogP contribution in [0.15, 0.2) is 60.8 Å². The molecule has 0 spiro atoms. The van der Waals surface area contributed by atoms with Gasteiger partial charge in [0.05, 0.1) is 38.7 Å². The second-order valence-electron chi connectivity index (χ2n) is 9.05. The summed E-state index contributed by atoms with van der Waals surface area (Å²) in [5.74, 6) is -0.975. The van der Waals surface area contributed by atoms with E-state index in [2.05, 4.69) is 15.7 Å². The summed E-state index contributed by atoms with van der Waals surface area (Å²) >= 11 is 12.9. The van der Waals surface area contributed by atoms with Gasteiger partial charge in [-0.2, -0.15) is 5.10 Å². The molecule has 0 saturated heterocycles. The molecule has 2 N–H and O–H groups in total. The lowest BCUT2D eigenvalue weighted by Crippen LogP contribution is -2.34. The van der Waals surface area contributed by atoms with Gasteiger partial charge < -0.3 is 10.6 Å². The summed E-state index contributed by atoms with van der Waals surface area (Å²) in [5, 5.41) is 11.1. The van der Waals surface area contributed by atoms with Crippen LogP contribution in [-0.4, -0.2) is 21.6 Å². The number of anilines is 1. The highest BCUT2D eigenvalue weighted by atomic mass is 35.5. The van der Waals surface area contributed by atoms with Gasteiger partial charge in [-0.15, -0.1) is 0 Å². The van der Waals surface area contributed by atoms with Crippen molar-refractivity contribution in [3.8, 4) is 5.69 Å². The number of fused-ring (bicyclic) bond motifs is 1. The Labute approximate surface area is 212 Å². The lowest BCUT2D eigenvalue weighted by atomic mass is 9.95. The van der Waals surface area contributed by atoms with Crippen LogP contribution < -0.4 is 10.6 Å². The van der Waals surface area contributed by atoms with E-state index in [0.29, 0.717) is 22.3 Å². The lowest BCUT2D eigenvalue weighted by molar-refractivity contribution is -0.128. The average molecular weight is 513 g/mol. The molecule has 0 bridgehead atoms. The molecule has 3 aromatic carbocycles. The number of carbonyl (C=O) groups excluding carboxylic acids is 2. The van der Waals surface area contributed by atoms with Crippen LogP contribution in [0.25, 0.3) is 16.6 Å². The Balaban J connectivity index is 1.62. The van der Waals surface area contributed by atoms with Crippen LogP contribution in [-0.2, 0) is 11.3 Å². The Morgan fingerprint density at radius 2 is 1.74 bits per heavy atom. The van der Waals surface area contributed by atoms with Crippen molar-refractivity contribution in [2.75, 3.05) is 5.32 Å². The summed E-state index contributed by atoms with van der Waals surface area (Å²) in [6, 6.07) is 14.6. The molecule has 1 heterocycles. The van der Waals surface area contributed by atoms with Crippen LogP contribution in [0, 0.1) is 11.2 Å². The molecule has 4 rings (SSSR count). The molecule has 2 amide bonds. The minimum Gasteiger partial charge on any atom is -0.352 e. The second kappa shape index (κ2) is 9.68. The van der Waals surface area contributed by atoms with Crippen molar-refractivity contribution in [3.63, 3.8) is 0 Å². The van der Waals surface area contributed by atoms with Crippen LogP contribution in [0.1, 0.15) is 36.7 Å². The predicted molar refractivity (Wildman–Crippen MR) is 137 cm³/mol. The highest BCUT2D eigenvalue weighted by Crippen LogP contribution is 2.31. The maximum atomic E-state index is 13.3. The fourth-order valence-electron chi connectivity index (χ4n) is 3.51. The van der Waals surface area contributed by atoms with Gasteiger partial charge in [0.15, 0.2) is 0 Å². The van der Waals surface area contributed by atoms with E-state index >= 15 is 0 Å². The van der Waals surface area contributed by atoms with Crippen molar-refractivity contribution in [2.45, 2.75) is 27.3 Å². The lowest BCUT2D eigenvalue weighted by Gasteiger charge is -2.18. The SMILES string of the molecule is CC(C)(C)C(=O)NCc1ccc(Cl)c(C(=O)Nc2cccc3c2cnn3-c2ccc(F)cc2)c1Cl. The monoisotopic (exact) mass is 512 g/mol. The number of rotatable bonds is 5. The van der Waals surface area contributed by atoms with Crippen molar-refractivity contribution in [1.29, 1.82) is 0 Å². The van der Waals surface area contributed by atoms with Crippen molar-refractivity contribution in [2.24, 2.45) is 5.41 Å². The number of benzene rings is 3. The van der Waals surface area contributed by atoms with Crippen LogP contribution in [0.2, 0.25) is 10.0 Å². The molecule has 0 radical (unpaired) electrons. The normalized spacial score (nSPS) is 11.5. The molecular weight excluding hydrogens is 490 g/mol. The molecule has 4 aromatic rings. The Bertz CT molecular complexity index is 1430. The molecule has 0 saturated carbocycles. The molecule has 180 valence electrons. The molecule has 35 heavy (non-hydrogen) atoms. The van der Waals surface area contributed by atoms with Gasteiger partial charge in [-0.3, -0.25) is 9.59 Å². The van der Waals surface area contributed by atoms with E-state index in [-0.39, 0.29) is 33.9 Å². The van der Waals surface area contributed by atoms with Gasteiger partial charge in [-0.05, 0) is 48.0 Å². The molecule has 9 heteroatoms. The number of hydrogen-bond donors (Lipinski definition) is 2. The molecule has 0 fully saturated rings. The fourth-order valence-corrected chi connectivity index (χ4v) is 4.12. The van der Waals surface area contributed by atoms with Crippen molar-refractivity contribution >= 4 is 51.6 Å². The van der Waals surface area contributed by atoms with E-state index < -0.39 is 11.3 Å². The van der Waals surface area contributed by atoms with Crippen LogP contribution >= 0.6 is 23.2 Å². The maximum Gasteiger partial charge on any atom is 0.258 e. The van der Waals surface area contributed by atoms with Crippen LogP contribution in [0.3, 0.4) is 0 Å². The first-order valence-electron chi connectivity index (χ1n) is 10.9. The number of hydrogen-bond acceptors (Lipinski definition) is 3. The van der Waals surface area contributed by atoms with E-state index in [1.54, 1.807) is 47.3 Å². The molecule has 0 aliphatic heterocycles. The highest BCUT2D eigenvalue weighted by Gasteiger charge is 2.23. The van der Waals surface area contributed by atoms with E-state index in [9.17, 15) is 14.0 Å². The Kier molecular flexibility index (Phi) is 6.83. The van der Waals surface area contributed by atoms with E-state index in [1.165, 1.54) is 12.1 Å². The fraction of sp³-hybridized carbons (Fsp3) is 0.192. The third-order valence-electron chi connectivity index (χ3n) is 5.45. The largest absolute Gasteiger partial charge is 0.352 e. The Morgan fingerprint density at radius 1 is 1.03 bits per heavy atom. The summed E-state index contributed by atoms with van der Waals surface area (Å²) in [4.78, 5) is 25.5. The summed E-state index contributed by atoms with van der Waals surface area (Å²) in [6.45, 7) is 5.59. The minimum absolute atomic E-state index is 0.110. The minimum atomic E-state index is -0.559. The zero-order chi connectivity index (χ0) is 25.3. The third-order valence-corrected chi connectivity index (χ3v) is 6.20. The molecule has 0 atom stereocenters. The first kappa shape index (κ1) is 24.7. The molecule has 6 nitrogen and oxygen atoms in total. The molecule has 1 aromatic heterocycles. The van der Waals surface area contributed by atoms with Gasteiger partial charge in [-0.25, -0.2) is 9.07 Å². The number of nitrogens with zero attached hydrogens (tertiary/aromatic N) is 2. The standard InChI is InChI=1S/C26H23Cl2FN4O2/c1-26(2,3)25(35)30-13-15-7-12-19(27)22(23(15)28)24(34)32-20-5-4-6-21-18(20)14-31-33(21)17-10-8-16(29)9-11-17/h4-12,14H,13H2,1-3H3,(H,30,35)(H,32,34). The van der Waals surface area contributed by atoms with E-state index in [1.807, 2.05) is 26.8 Å². The first-order valence-corrected chi connectivity index (χ1v) is 11.6. The summed E-state index contributed by atoms with van der Waals surface area (Å²) in [5.41, 5.74) is 2.04. The van der Waals surface area contributed by atoms with Gasteiger partial charge in [0, 0.05) is 17.3 Å². The predicted octanol–water partition coefficient (Wildman–Crippen LogP) is 6.39. The molecule has 0 aliphatic rings. The van der Waals surface area contributed by atoms with Gasteiger partial charge in [0.1, 0.15) is 5.82 Å². The molecule has 0 unspecified atom stereocenters. The van der Waals surface area contributed by atoms with Crippen LogP contribution in [0.5, 0.6) is 0 Å². The summed E-state index contributed by atoms with van der Waals surface area (Å²) < 4.78 is 15.0. The first-order chi connectivity index (χ1) is 16.6. The van der Waals surface area contributed by atoms with Crippen LogP contribution in [0.4, 0.5) is 10.1 Å². The maximum absolute atomic E-state index is 13.3. The van der Waals surface area contributed by atoms with Crippen molar-refractivity contribution < 1.29 is 14.0 Å². The van der Waals surface area contributed by atoms with Gasteiger partial charge >= 0.3 is 0 Å². The van der Waals surface area contributed by atoms with Gasteiger partial charge in [0.2, 0.25) is 5.91 Å². The van der Waals surface area contributed by atoms with Crippen molar-refractivity contribution in [1.82, 2.24) is 15.1 Å². The molecule has 0 aliphatic carbocycles. The number of nitrogens with one attached hydrogen (secondary N) is 2. The summed E-state index contributed by atoms with van der Waals surface area (Å²) in [6.07, 6.45) is 1.62. The number of carbonyl (C=O) groups is 2. The van der Waals surface area contributed by atoms with Gasteiger partial charge in [-0.1, -0.05) is 56.1 Å². The zero-order valence-corrected chi connectivity index (χ0v) is 20.8. The Hall–Kier alpha value is -3.42. The smallest absolute Gasteiger partial charge is 0.258 e. The topological polar surface area (TPSA) is 76.0 Å². The average Bonchev–Trinajstić information content (AvgIpc) is 3.23. The zero-order valence-electron chi connectivity index (χ0n) is 19.3. The van der Waals surface area contributed by atoms with E-state index in [0.717, 1.165) is 5.52 Å². The van der Waals surface area contributed by atoms with E-state index in [4.69, 9.17) is 23.2 Å². The Morgan fingerprint density at radius 3 is 2.43 bits per heavy atom. The summed E-state index contributed by atoms with van der Waals surface area (Å²) in [7, 11) is 0. The quantitative estimate of drug-likeness (QED) is 0.325. The van der Waals surface area contributed by atoms with Gasteiger partial charge in [0.25, 0.3) is 5.91 Å². The highest BCUT2D eigenvalue weighted by molar-refractivity contribution is 6.41. The molecular formula is C26H23Cl2FN4O2. The second-order valence-corrected chi connectivity index (χ2v) is 9.84. The van der Waals surface area contributed by atoms with Crippen molar-refractivity contribution in [3.05, 3.63) is 87.8 Å². The number of halogens is 3. The third kappa shape index (κ3) is 5.16.